The number of rotatable bonds is 15. The molecular weight excluding hydrogens is 581 g/mol. The van der Waals surface area contributed by atoms with E-state index in [2.05, 4.69) is 30.5 Å². The zero-order valence-corrected chi connectivity index (χ0v) is 25.0. The minimum absolute atomic E-state index is 0.0121. The fourth-order valence-electron chi connectivity index (χ4n) is 4.58. The molecule has 0 saturated carbocycles. The maximum atomic E-state index is 13.8. The quantitative estimate of drug-likeness (QED) is 0.143. The second-order valence-electron chi connectivity index (χ2n) is 10.1. The second kappa shape index (κ2) is 15.7. The Morgan fingerprint density at radius 3 is 2.59 bits per heavy atom. The maximum absolute atomic E-state index is 13.8. The molecule has 2 amide bonds. The molecule has 0 spiro atoms. The van der Waals surface area contributed by atoms with Gasteiger partial charge >= 0.3 is 6.09 Å². The first-order chi connectivity index (χ1) is 21.5. The van der Waals surface area contributed by atoms with Gasteiger partial charge in [0.05, 0.1) is 28.3 Å². The summed E-state index contributed by atoms with van der Waals surface area (Å²) in [4.78, 5) is 43.6. The third kappa shape index (κ3) is 9.16. The summed E-state index contributed by atoms with van der Waals surface area (Å²) in [6.45, 7) is 2.91. The Morgan fingerprint density at radius 1 is 0.932 bits per heavy atom. The van der Waals surface area contributed by atoms with E-state index in [1.54, 1.807) is 5.38 Å². The topological polar surface area (TPSA) is 125 Å². The number of carbonyl (C=O) groups is 2. The summed E-state index contributed by atoms with van der Waals surface area (Å²) in [7, 11) is 0. The summed E-state index contributed by atoms with van der Waals surface area (Å²) in [6, 6.07) is 20.3. The number of aromatic amines is 1. The van der Waals surface area contributed by atoms with Crippen molar-refractivity contribution in [2.75, 3.05) is 26.2 Å². The number of pyridine rings is 1. The van der Waals surface area contributed by atoms with E-state index in [0.29, 0.717) is 25.2 Å². The van der Waals surface area contributed by atoms with Crippen molar-refractivity contribution in [1.82, 2.24) is 35.5 Å². The normalized spacial score (nSPS) is 11.1. The van der Waals surface area contributed by atoms with Gasteiger partial charge in [-0.15, -0.1) is 11.3 Å². The van der Waals surface area contributed by atoms with Crippen molar-refractivity contribution >= 4 is 34.4 Å². The third-order valence-corrected chi connectivity index (χ3v) is 7.82. The molecule has 5 aromatic rings. The van der Waals surface area contributed by atoms with Crippen LogP contribution >= 0.6 is 11.3 Å². The first-order valence-corrected chi connectivity index (χ1v) is 15.3. The maximum Gasteiger partial charge on any atom is 0.407 e. The van der Waals surface area contributed by atoms with Crippen molar-refractivity contribution in [3.8, 4) is 0 Å². The Hall–Kier alpha value is -4.68. The number of nitrogens with one attached hydrogen (secondary N) is 3. The van der Waals surface area contributed by atoms with E-state index < -0.39 is 11.9 Å². The van der Waals surface area contributed by atoms with E-state index in [0.717, 1.165) is 53.4 Å². The summed E-state index contributed by atoms with van der Waals surface area (Å²) in [5.74, 6) is 0.0784. The van der Waals surface area contributed by atoms with Crippen LogP contribution in [0.3, 0.4) is 0 Å². The molecule has 228 valence electrons. The number of imidazole rings is 1. The Kier molecular flexibility index (Phi) is 11.0. The van der Waals surface area contributed by atoms with Crippen molar-refractivity contribution in [2.45, 2.75) is 32.4 Å². The van der Waals surface area contributed by atoms with E-state index >= 15 is 0 Å². The molecule has 10 nitrogen and oxygen atoms in total. The highest BCUT2D eigenvalue weighted by Gasteiger charge is 2.14. The molecule has 12 heteroatoms. The highest BCUT2D eigenvalue weighted by Crippen LogP contribution is 2.14. The molecule has 3 heterocycles. The number of amides is 2. The number of nitrogens with zero attached hydrogens (tertiary/aromatic N) is 4. The number of benzene rings is 2. The molecule has 0 aliphatic carbocycles. The van der Waals surface area contributed by atoms with Crippen LogP contribution in [-0.4, -0.2) is 63.0 Å². The number of para-hydroxylation sites is 2. The van der Waals surface area contributed by atoms with E-state index in [1.165, 1.54) is 29.7 Å². The molecule has 3 aromatic heterocycles. The van der Waals surface area contributed by atoms with Crippen LogP contribution in [0, 0.1) is 5.82 Å². The second-order valence-corrected chi connectivity index (χ2v) is 11.1. The lowest BCUT2D eigenvalue weighted by Gasteiger charge is -2.21. The third-order valence-electron chi connectivity index (χ3n) is 6.91. The molecule has 0 bridgehead atoms. The van der Waals surface area contributed by atoms with E-state index in [1.807, 2.05) is 54.6 Å². The SMILES string of the molecule is O=C(NCCCN(CCc1nc2ccccc2[nH]1)CCc1nc(C(=O)NCc2ncccc2F)cs1)OCc1ccccc1. The van der Waals surface area contributed by atoms with Crippen molar-refractivity contribution in [1.29, 1.82) is 0 Å². The lowest BCUT2D eigenvalue weighted by atomic mass is 10.2. The first kappa shape index (κ1) is 30.8. The highest BCUT2D eigenvalue weighted by atomic mass is 32.1. The van der Waals surface area contributed by atoms with Crippen LogP contribution in [0.2, 0.25) is 0 Å². The molecule has 44 heavy (non-hydrogen) atoms. The number of halogens is 1. The Bertz CT molecular complexity index is 1630. The average Bonchev–Trinajstić information content (AvgIpc) is 3.70. The molecule has 0 saturated heterocycles. The Morgan fingerprint density at radius 2 is 1.75 bits per heavy atom. The molecular formula is C32H34FN7O3S. The van der Waals surface area contributed by atoms with Crippen LogP contribution in [0.25, 0.3) is 11.0 Å². The molecule has 0 radical (unpaired) electrons. The highest BCUT2D eigenvalue weighted by molar-refractivity contribution is 7.09. The van der Waals surface area contributed by atoms with Crippen LogP contribution in [0.1, 0.15) is 39.0 Å². The number of carbonyl (C=O) groups excluding carboxylic acids is 2. The van der Waals surface area contributed by atoms with Gasteiger partial charge in [0.25, 0.3) is 5.91 Å². The monoisotopic (exact) mass is 615 g/mol. The number of hydrogen-bond donors (Lipinski definition) is 3. The lowest BCUT2D eigenvalue weighted by molar-refractivity contribution is 0.0945. The molecule has 5 rings (SSSR count). The molecule has 0 unspecified atom stereocenters. The molecule has 0 aliphatic rings. The fraction of sp³-hybridized carbons (Fsp3) is 0.281. The summed E-state index contributed by atoms with van der Waals surface area (Å²) in [5.41, 5.74) is 3.35. The number of aromatic nitrogens is 4. The van der Waals surface area contributed by atoms with Crippen LogP contribution in [-0.2, 0) is 30.7 Å². The lowest BCUT2D eigenvalue weighted by Crippen LogP contribution is -2.33. The van der Waals surface area contributed by atoms with Gasteiger partial charge in [-0.3, -0.25) is 9.78 Å². The predicted octanol–water partition coefficient (Wildman–Crippen LogP) is 4.89. The van der Waals surface area contributed by atoms with Crippen LogP contribution in [0.4, 0.5) is 9.18 Å². The smallest absolute Gasteiger partial charge is 0.407 e. The molecule has 3 N–H and O–H groups in total. The summed E-state index contributed by atoms with van der Waals surface area (Å²) in [6.07, 6.45) is 3.16. The molecule has 0 atom stereocenters. The minimum atomic E-state index is -0.464. The number of thiazole rings is 1. The number of ether oxygens (including phenoxy) is 1. The Labute approximate surface area is 258 Å². The van der Waals surface area contributed by atoms with E-state index in [4.69, 9.17) is 9.72 Å². The van der Waals surface area contributed by atoms with Gasteiger partial charge in [-0.05, 0) is 42.8 Å². The van der Waals surface area contributed by atoms with Crippen LogP contribution in [0.15, 0.2) is 78.3 Å². The summed E-state index contributed by atoms with van der Waals surface area (Å²) in [5, 5.41) is 8.05. The van der Waals surface area contributed by atoms with Gasteiger partial charge in [0.15, 0.2) is 0 Å². The standard InChI is InChI=1S/C32H34FN7O3S/c33-24-10-6-15-34-27(24)20-36-31(41)28-22-44-30(39-28)14-19-40(18-13-29-37-25-11-4-5-12-26(25)38-29)17-7-16-35-32(42)43-21-23-8-2-1-3-9-23/h1-6,8-12,15,22H,7,13-14,16-21H2,(H,35,42)(H,36,41)(H,37,38). The van der Waals surface area contributed by atoms with Gasteiger partial charge in [-0.2, -0.15) is 0 Å². The van der Waals surface area contributed by atoms with E-state index in [9.17, 15) is 14.0 Å². The van der Waals surface area contributed by atoms with Crippen molar-refractivity contribution in [3.63, 3.8) is 0 Å². The summed E-state index contributed by atoms with van der Waals surface area (Å²) < 4.78 is 19.1. The number of hydrogen-bond acceptors (Lipinski definition) is 8. The van der Waals surface area contributed by atoms with Gasteiger partial charge in [-0.25, -0.2) is 19.2 Å². The van der Waals surface area contributed by atoms with E-state index in [-0.39, 0.29) is 24.8 Å². The average molecular weight is 616 g/mol. The van der Waals surface area contributed by atoms with Crippen molar-refractivity contribution < 1.29 is 18.7 Å². The largest absolute Gasteiger partial charge is 0.445 e. The van der Waals surface area contributed by atoms with Gasteiger partial charge in [0, 0.05) is 44.1 Å². The molecule has 0 fully saturated rings. The molecule has 2 aromatic carbocycles. The zero-order valence-electron chi connectivity index (χ0n) is 24.2. The number of alkyl carbamates (subject to hydrolysis) is 1. The zero-order chi connectivity index (χ0) is 30.6. The van der Waals surface area contributed by atoms with Crippen LogP contribution < -0.4 is 10.6 Å². The van der Waals surface area contributed by atoms with Crippen molar-refractivity contribution in [2.24, 2.45) is 0 Å². The van der Waals surface area contributed by atoms with Gasteiger partial charge in [0.1, 0.15) is 23.9 Å². The Balaban J connectivity index is 1.11. The molecule has 0 aliphatic heterocycles. The van der Waals surface area contributed by atoms with Crippen molar-refractivity contribution in [3.05, 3.63) is 112 Å². The van der Waals surface area contributed by atoms with Crippen LogP contribution in [0.5, 0.6) is 0 Å². The summed E-state index contributed by atoms with van der Waals surface area (Å²) >= 11 is 1.42. The fourth-order valence-corrected chi connectivity index (χ4v) is 5.35. The van der Waals surface area contributed by atoms with Gasteiger partial charge in [0.2, 0.25) is 0 Å². The first-order valence-electron chi connectivity index (χ1n) is 14.5. The van der Waals surface area contributed by atoms with Gasteiger partial charge < -0.3 is 25.3 Å². The predicted molar refractivity (Wildman–Crippen MR) is 167 cm³/mol. The number of fused-ring (bicyclic) bond motifs is 1. The minimum Gasteiger partial charge on any atom is -0.445 e. The number of H-pyrrole nitrogens is 1. The van der Waals surface area contributed by atoms with Gasteiger partial charge in [-0.1, -0.05) is 42.5 Å².